The van der Waals surface area contributed by atoms with E-state index in [-0.39, 0.29) is 12.4 Å². The minimum Gasteiger partial charge on any atom is -0.460 e. The van der Waals surface area contributed by atoms with Crippen LogP contribution >= 0.6 is 15.9 Å². The first-order chi connectivity index (χ1) is 12.5. The monoisotopic (exact) mass is 437 g/mol. The zero-order valence-corrected chi connectivity index (χ0v) is 17.6. The van der Waals surface area contributed by atoms with E-state index in [1.54, 1.807) is 34.6 Å². The van der Waals surface area contributed by atoms with Gasteiger partial charge in [-0.05, 0) is 52.3 Å². The highest BCUT2D eigenvalue weighted by Gasteiger charge is 2.35. The van der Waals surface area contributed by atoms with E-state index < -0.39 is 23.2 Å². The lowest BCUT2D eigenvalue weighted by Crippen LogP contribution is -2.46. The van der Waals surface area contributed by atoms with Crippen LogP contribution in [0, 0.1) is 0 Å². The summed E-state index contributed by atoms with van der Waals surface area (Å²) in [6, 6.07) is 7.49. The maximum absolute atomic E-state index is 12.5. The molecule has 2 N–H and O–H groups in total. The molecule has 1 aromatic carbocycles. The molecule has 0 aliphatic heterocycles. The fraction of sp³-hybridized carbons (Fsp3) is 0.421. The van der Waals surface area contributed by atoms with Crippen molar-refractivity contribution in [3.8, 4) is 0 Å². The van der Waals surface area contributed by atoms with Crippen molar-refractivity contribution in [3.05, 3.63) is 52.0 Å². The Labute approximate surface area is 167 Å². The van der Waals surface area contributed by atoms with Crippen LogP contribution in [0.4, 0.5) is 4.79 Å². The van der Waals surface area contributed by atoms with Gasteiger partial charge in [0.05, 0.1) is 18.5 Å². The molecule has 0 bridgehead atoms. The number of nitrogens with zero attached hydrogens (tertiary/aromatic N) is 1. The van der Waals surface area contributed by atoms with Crippen LogP contribution in [0.1, 0.15) is 56.5 Å². The van der Waals surface area contributed by atoms with Crippen molar-refractivity contribution in [2.45, 2.75) is 45.8 Å². The first kappa shape index (κ1) is 21.0. The van der Waals surface area contributed by atoms with Crippen molar-refractivity contribution in [3.63, 3.8) is 0 Å². The lowest BCUT2D eigenvalue weighted by atomic mass is 9.89. The molecule has 7 nitrogen and oxygen atoms in total. The van der Waals surface area contributed by atoms with Gasteiger partial charge in [-0.15, -0.1) is 0 Å². The molecular weight excluding hydrogens is 414 g/mol. The second-order valence-electron chi connectivity index (χ2n) is 7.13. The third kappa shape index (κ3) is 5.32. The highest BCUT2D eigenvalue weighted by Crippen LogP contribution is 2.30. The molecule has 27 heavy (non-hydrogen) atoms. The van der Waals surface area contributed by atoms with Crippen molar-refractivity contribution in [1.29, 1.82) is 0 Å². The summed E-state index contributed by atoms with van der Waals surface area (Å²) in [5, 5.41) is 2.89. The summed E-state index contributed by atoms with van der Waals surface area (Å²) in [7, 11) is 0. The number of rotatable bonds is 5. The number of esters is 1. The second-order valence-corrected chi connectivity index (χ2v) is 8.04. The van der Waals surface area contributed by atoms with Crippen LogP contribution in [0.3, 0.4) is 0 Å². The highest BCUT2D eigenvalue weighted by atomic mass is 79.9. The maximum atomic E-state index is 12.5. The Kier molecular flexibility index (Phi) is 6.30. The van der Waals surface area contributed by atoms with Gasteiger partial charge in [-0.2, -0.15) is 0 Å². The summed E-state index contributed by atoms with van der Waals surface area (Å²) in [5.74, 6) is -0.489. The SMILES string of the molecule is CCOC(=O)c1ncc(C(C)(NC(=O)OC(C)(C)C)c2cccc(Br)c2)[nH]1. The molecule has 0 saturated carbocycles. The first-order valence-corrected chi connectivity index (χ1v) is 9.34. The molecule has 1 unspecified atom stereocenters. The number of halogens is 1. The van der Waals surface area contributed by atoms with Crippen LogP contribution in [0.5, 0.6) is 0 Å². The predicted molar refractivity (Wildman–Crippen MR) is 105 cm³/mol. The summed E-state index contributed by atoms with van der Waals surface area (Å²) in [5.41, 5.74) is -0.354. The summed E-state index contributed by atoms with van der Waals surface area (Å²) < 4.78 is 11.2. The van der Waals surface area contributed by atoms with Crippen molar-refractivity contribution in [2.75, 3.05) is 6.61 Å². The number of amides is 1. The molecule has 1 heterocycles. The van der Waals surface area contributed by atoms with Crippen LogP contribution in [0.15, 0.2) is 34.9 Å². The van der Waals surface area contributed by atoms with Crippen LogP contribution in [-0.4, -0.2) is 34.2 Å². The molecule has 0 fully saturated rings. The number of H-pyrrole nitrogens is 1. The van der Waals surface area contributed by atoms with E-state index in [0.29, 0.717) is 5.69 Å². The van der Waals surface area contributed by atoms with Crippen molar-refractivity contribution < 1.29 is 19.1 Å². The lowest BCUT2D eigenvalue weighted by molar-refractivity contribution is 0.0477. The predicted octanol–water partition coefficient (Wildman–Crippen LogP) is 4.14. The Morgan fingerprint density at radius 1 is 1.26 bits per heavy atom. The molecular formula is C19H24BrN3O4. The molecule has 0 aliphatic rings. The number of aromatic nitrogens is 2. The molecule has 0 saturated heterocycles. The van der Waals surface area contributed by atoms with Crippen molar-refractivity contribution >= 4 is 28.0 Å². The largest absolute Gasteiger partial charge is 0.460 e. The number of carbonyl (C=O) groups excluding carboxylic acids is 2. The standard InChI is InChI=1S/C19H24BrN3O4/c1-6-26-16(24)15-21-11-14(22-15)19(5,12-8-7-9-13(20)10-12)23-17(25)27-18(2,3)4/h7-11H,6H2,1-5H3,(H,21,22)(H,23,25). The molecule has 0 radical (unpaired) electrons. The van der Waals surface area contributed by atoms with Gasteiger partial charge in [0.2, 0.25) is 5.82 Å². The van der Waals surface area contributed by atoms with E-state index in [9.17, 15) is 9.59 Å². The van der Waals surface area contributed by atoms with Crippen molar-refractivity contribution in [2.24, 2.45) is 0 Å². The third-order valence-corrected chi connectivity index (χ3v) is 4.23. The Morgan fingerprint density at radius 2 is 1.96 bits per heavy atom. The molecule has 2 rings (SSSR count). The normalized spacial score (nSPS) is 13.6. The molecule has 1 aromatic heterocycles. The van der Waals surface area contributed by atoms with E-state index in [2.05, 4.69) is 31.2 Å². The van der Waals surface area contributed by atoms with Crippen LogP contribution in [-0.2, 0) is 15.0 Å². The van der Waals surface area contributed by atoms with Crippen molar-refractivity contribution in [1.82, 2.24) is 15.3 Å². The molecule has 1 atom stereocenters. The van der Waals surface area contributed by atoms with Crippen LogP contribution in [0.2, 0.25) is 0 Å². The third-order valence-electron chi connectivity index (χ3n) is 3.74. The number of carbonyl (C=O) groups is 2. The minimum atomic E-state index is -1.01. The van der Waals surface area contributed by atoms with Gasteiger partial charge in [0.15, 0.2) is 0 Å². The van der Waals surface area contributed by atoms with E-state index in [0.717, 1.165) is 10.0 Å². The van der Waals surface area contributed by atoms with Gasteiger partial charge >= 0.3 is 12.1 Å². The quantitative estimate of drug-likeness (QED) is 0.685. The van der Waals surface area contributed by atoms with Gasteiger partial charge in [-0.1, -0.05) is 28.1 Å². The summed E-state index contributed by atoms with van der Waals surface area (Å²) >= 11 is 3.45. The summed E-state index contributed by atoms with van der Waals surface area (Å²) in [4.78, 5) is 31.5. The first-order valence-electron chi connectivity index (χ1n) is 8.55. The Morgan fingerprint density at radius 3 is 2.56 bits per heavy atom. The highest BCUT2D eigenvalue weighted by molar-refractivity contribution is 9.10. The van der Waals surface area contributed by atoms with Gasteiger partial charge in [0, 0.05) is 4.47 Å². The number of hydrogen-bond donors (Lipinski definition) is 2. The van der Waals surface area contributed by atoms with Gasteiger partial charge in [-0.3, -0.25) is 0 Å². The minimum absolute atomic E-state index is 0.0686. The average molecular weight is 438 g/mol. The molecule has 2 aromatic rings. The summed E-state index contributed by atoms with van der Waals surface area (Å²) in [6.45, 7) is 9.14. The van der Waals surface area contributed by atoms with Crippen LogP contribution in [0.25, 0.3) is 0 Å². The van der Waals surface area contributed by atoms with Gasteiger partial charge in [0.1, 0.15) is 11.1 Å². The number of ether oxygens (including phenoxy) is 2. The maximum Gasteiger partial charge on any atom is 0.408 e. The zero-order valence-electron chi connectivity index (χ0n) is 16.1. The summed E-state index contributed by atoms with van der Waals surface area (Å²) in [6.07, 6.45) is 0.919. The number of aromatic amines is 1. The number of alkyl carbamates (subject to hydrolysis) is 1. The smallest absolute Gasteiger partial charge is 0.408 e. The Hall–Kier alpha value is -2.35. The number of imidazole rings is 1. The molecule has 0 aliphatic carbocycles. The second kappa shape index (κ2) is 8.12. The molecule has 8 heteroatoms. The molecule has 0 spiro atoms. The van der Waals surface area contributed by atoms with E-state index in [1.165, 1.54) is 6.20 Å². The Bertz CT molecular complexity index is 828. The van der Waals surface area contributed by atoms with E-state index in [1.807, 2.05) is 24.3 Å². The fourth-order valence-corrected chi connectivity index (χ4v) is 2.88. The van der Waals surface area contributed by atoms with Gasteiger partial charge in [-0.25, -0.2) is 14.6 Å². The fourth-order valence-electron chi connectivity index (χ4n) is 2.48. The van der Waals surface area contributed by atoms with Gasteiger partial charge < -0.3 is 19.8 Å². The number of nitrogens with one attached hydrogen (secondary N) is 2. The zero-order chi connectivity index (χ0) is 20.2. The lowest BCUT2D eigenvalue weighted by Gasteiger charge is -2.32. The van der Waals surface area contributed by atoms with E-state index in [4.69, 9.17) is 9.47 Å². The number of hydrogen-bond acceptors (Lipinski definition) is 5. The molecule has 1 amide bonds. The van der Waals surface area contributed by atoms with E-state index >= 15 is 0 Å². The van der Waals surface area contributed by atoms with Gasteiger partial charge in [0.25, 0.3) is 0 Å². The topological polar surface area (TPSA) is 93.3 Å². The average Bonchev–Trinajstić information content (AvgIpc) is 3.03. The Balaban J connectivity index is 2.44. The number of benzene rings is 1. The molecule has 146 valence electrons. The van der Waals surface area contributed by atoms with Crippen LogP contribution < -0.4 is 5.32 Å².